The average Bonchev–Trinajstić information content (AvgIpc) is 2.12. The van der Waals surface area contributed by atoms with Crippen molar-refractivity contribution in [2.24, 2.45) is 11.7 Å². The number of carbonyl (C=O) groups excluding carboxylic acids is 1. The van der Waals surface area contributed by atoms with Crippen molar-refractivity contribution in [3.8, 4) is 0 Å². The smallest absolute Gasteiger partial charge is 0.228 e. The zero-order valence-corrected chi connectivity index (χ0v) is 10.3. The summed E-state index contributed by atoms with van der Waals surface area (Å²) in [6, 6.07) is 7.89. The molecule has 1 aliphatic carbocycles. The summed E-state index contributed by atoms with van der Waals surface area (Å²) < 4.78 is 1.00. The van der Waals surface area contributed by atoms with E-state index in [2.05, 4.69) is 22.9 Å². The molecule has 0 unspecified atom stereocenters. The molecule has 2 nitrogen and oxygen atoms in total. The van der Waals surface area contributed by atoms with Crippen molar-refractivity contribution in [3.05, 3.63) is 34.3 Å². The Morgan fingerprint density at radius 3 is 2.67 bits per heavy atom. The van der Waals surface area contributed by atoms with E-state index in [9.17, 15) is 4.79 Å². The first-order chi connectivity index (χ1) is 7.04. The molecule has 1 aromatic carbocycles. The van der Waals surface area contributed by atoms with Gasteiger partial charge in [-0.05, 0) is 36.5 Å². The molecule has 15 heavy (non-hydrogen) atoms. The topological polar surface area (TPSA) is 43.1 Å². The minimum Gasteiger partial charge on any atom is -0.369 e. The van der Waals surface area contributed by atoms with E-state index in [1.54, 1.807) is 0 Å². The molecule has 0 bridgehead atoms. The largest absolute Gasteiger partial charge is 0.369 e. The van der Waals surface area contributed by atoms with Crippen LogP contribution in [0.4, 0.5) is 0 Å². The third kappa shape index (κ3) is 1.69. The number of rotatable bonds is 2. The predicted octanol–water partition coefficient (Wildman–Crippen LogP) is 2.60. The SMILES string of the molecule is C[C@H]1C[C@](C(N)=O)(c2cccc(Br)c2)C1. The van der Waals surface area contributed by atoms with Gasteiger partial charge in [-0.15, -0.1) is 0 Å². The summed E-state index contributed by atoms with van der Waals surface area (Å²) in [5, 5.41) is 0. The van der Waals surface area contributed by atoms with Crippen LogP contribution in [0.25, 0.3) is 0 Å². The molecule has 2 rings (SSSR count). The summed E-state index contributed by atoms with van der Waals surface area (Å²) in [5.74, 6) is 0.398. The lowest BCUT2D eigenvalue weighted by atomic mass is 9.59. The average molecular weight is 268 g/mol. The van der Waals surface area contributed by atoms with Gasteiger partial charge in [0, 0.05) is 4.47 Å². The highest BCUT2D eigenvalue weighted by Crippen LogP contribution is 2.47. The van der Waals surface area contributed by atoms with Gasteiger partial charge in [-0.2, -0.15) is 0 Å². The number of primary amides is 1. The number of amides is 1. The van der Waals surface area contributed by atoms with Crippen LogP contribution in [0.1, 0.15) is 25.3 Å². The van der Waals surface area contributed by atoms with Crippen LogP contribution >= 0.6 is 15.9 Å². The molecule has 0 radical (unpaired) electrons. The molecule has 1 aromatic rings. The summed E-state index contributed by atoms with van der Waals surface area (Å²) in [6.45, 7) is 2.15. The van der Waals surface area contributed by atoms with Crippen LogP contribution in [0.2, 0.25) is 0 Å². The predicted molar refractivity (Wildman–Crippen MR) is 63.4 cm³/mol. The van der Waals surface area contributed by atoms with Crippen molar-refractivity contribution in [1.82, 2.24) is 0 Å². The Morgan fingerprint density at radius 1 is 1.53 bits per heavy atom. The van der Waals surface area contributed by atoms with Gasteiger partial charge in [-0.1, -0.05) is 35.0 Å². The van der Waals surface area contributed by atoms with E-state index in [1.807, 2.05) is 24.3 Å². The van der Waals surface area contributed by atoms with Crippen molar-refractivity contribution in [2.45, 2.75) is 25.2 Å². The molecular weight excluding hydrogens is 254 g/mol. The molecule has 0 heterocycles. The maximum absolute atomic E-state index is 11.6. The van der Waals surface area contributed by atoms with Gasteiger partial charge in [0.2, 0.25) is 5.91 Å². The third-order valence-corrected chi connectivity index (χ3v) is 3.74. The molecule has 1 fully saturated rings. The molecule has 1 saturated carbocycles. The van der Waals surface area contributed by atoms with Gasteiger partial charge in [0.05, 0.1) is 5.41 Å². The van der Waals surface area contributed by atoms with Crippen LogP contribution in [0, 0.1) is 5.92 Å². The Labute approximate surface area is 98.0 Å². The molecule has 3 heteroatoms. The zero-order valence-electron chi connectivity index (χ0n) is 8.66. The number of hydrogen-bond donors (Lipinski definition) is 1. The maximum Gasteiger partial charge on any atom is 0.228 e. The van der Waals surface area contributed by atoms with Gasteiger partial charge < -0.3 is 5.73 Å². The first-order valence-electron chi connectivity index (χ1n) is 5.10. The molecule has 0 spiro atoms. The molecule has 0 atom stereocenters. The van der Waals surface area contributed by atoms with Crippen molar-refractivity contribution >= 4 is 21.8 Å². The van der Waals surface area contributed by atoms with Crippen molar-refractivity contribution in [2.75, 3.05) is 0 Å². The van der Waals surface area contributed by atoms with Gasteiger partial charge in [-0.3, -0.25) is 4.79 Å². The lowest BCUT2D eigenvalue weighted by Crippen LogP contribution is -2.50. The molecule has 0 aliphatic heterocycles. The van der Waals surface area contributed by atoms with Crippen LogP contribution < -0.4 is 5.73 Å². The lowest BCUT2D eigenvalue weighted by Gasteiger charge is -2.44. The highest BCUT2D eigenvalue weighted by atomic mass is 79.9. The number of benzene rings is 1. The van der Waals surface area contributed by atoms with Gasteiger partial charge in [0.1, 0.15) is 0 Å². The molecular formula is C12H14BrNO. The summed E-state index contributed by atoms with van der Waals surface area (Å²) in [7, 11) is 0. The van der Waals surface area contributed by atoms with Crippen LogP contribution in [-0.4, -0.2) is 5.91 Å². The Morgan fingerprint density at radius 2 is 2.20 bits per heavy atom. The first kappa shape index (κ1) is 10.7. The Kier molecular flexibility index (Phi) is 2.59. The molecule has 0 aromatic heterocycles. The lowest BCUT2D eigenvalue weighted by molar-refractivity contribution is -0.128. The summed E-state index contributed by atoms with van der Waals surface area (Å²) in [4.78, 5) is 11.6. The van der Waals surface area contributed by atoms with E-state index in [0.29, 0.717) is 5.92 Å². The molecule has 0 saturated heterocycles. The highest BCUT2D eigenvalue weighted by Gasteiger charge is 2.48. The second kappa shape index (κ2) is 3.63. The Balaban J connectivity index is 2.39. The molecule has 1 amide bonds. The van der Waals surface area contributed by atoms with Gasteiger partial charge in [0.25, 0.3) is 0 Å². The van der Waals surface area contributed by atoms with Crippen molar-refractivity contribution < 1.29 is 4.79 Å². The molecule has 2 N–H and O–H groups in total. The summed E-state index contributed by atoms with van der Waals surface area (Å²) >= 11 is 3.42. The van der Waals surface area contributed by atoms with Crippen LogP contribution in [-0.2, 0) is 10.2 Å². The normalized spacial score (nSPS) is 29.6. The monoisotopic (exact) mass is 267 g/mol. The van der Waals surface area contributed by atoms with Gasteiger partial charge >= 0.3 is 0 Å². The van der Waals surface area contributed by atoms with Crippen LogP contribution in [0.5, 0.6) is 0 Å². The van der Waals surface area contributed by atoms with E-state index >= 15 is 0 Å². The van der Waals surface area contributed by atoms with Gasteiger partial charge in [0.15, 0.2) is 0 Å². The number of carbonyl (C=O) groups is 1. The second-order valence-corrected chi connectivity index (χ2v) is 5.39. The van der Waals surface area contributed by atoms with E-state index in [1.165, 1.54) is 0 Å². The van der Waals surface area contributed by atoms with E-state index in [-0.39, 0.29) is 5.91 Å². The third-order valence-electron chi connectivity index (χ3n) is 3.24. The van der Waals surface area contributed by atoms with Crippen molar-refractivity contribution in [1.29, 1.82) is 0 Å². The quantitative estimate of drug-likeness (QED) is 0.880. The van der Waals surface area contributed by atoms with E-state index < -0.39 is 5.41 Å². The second-order valence-electron chi connectivity index (χ2n) is 4.47. The number of hydrogen-bond acceptors (Lipinski definition) is 1. The Hall–Kier alpha value is -0.830. The minimum absolute atomic E-state index is 0.196. The Bertz CT molecular complexity index is 396. The standard InChI is InChI=1S/C12H14BrNO/c1-8-6-12(7-8,11(14)15)9-3-2-4-10(13)5-9/h2-5,8H,6-7H2,1H3,(H2,14,15)/t8-,12+. The number of nitrogens with two attached hydrogens (primary N) is 1. The fourth-order valence-electron chi connectivity index (χ4n) is 2.50. The van der Waals surface area contributed by atoms with Crippen molar-refractivity contribution in [3.63, 3.8) is 0 Å². The zero-order chi connectivity index (χ0) is 11.1. The minimum atomic E-state index is -0.413. The number of halogens is 1. The summed E-state index contributed by atoms with van der Waals surface area (Å²) in [6.07, 6.45) is 1.75. The first-order valence-corrected chi connectivity index (χ1v) is 5.90. The summed E-state index contributed by atoms with van der Waals surface area (Å²) in [5.41, 5.74) is 6.15. The molecule has 80 valence electrons. The van der Waals surface area contributed by atoms with Crippen LogP contribution in [0.15, 0.2) is 28.7 Å². The highest BCUT2D eigenvalue weighted by molar-refractivity contribution is 9.10. The van der Waals surface area contributed by atoms with Crippen LogP contribution in [0.3, 0.4) is 0 Å². The van der Waals surface area contributed by atoms with Gasteiger partial charge in [-0.25, -0.2) is 0 Å². The maximum atomic E-state index is 11.6. The molecule has 1 aliphatic rings. The van der Waals surface area contributed by atoms with E-state index in [4.69, 9.17) is 5.73 Å². The fraction of sp³-hybridized carbons (Fsp3) is 0.417. The fourth-order valence-corrected chi connectivity index (χ4v) is 2.89. The van der Waals surface area contributed by atoms with E-state index in [0.717, 1.165) is 22.9 Å².